The molecular formula is C17H16O3. The van der Waals surface area contributed by atoms with Crippen LogP contribution in [0.5, 0.6) is 5.75 Å². The van der Waals surface area contributed by atoms with Crippen molar-refractivity contribution >= 4 is 5.78 Å². The minimum Gasteiger partial charge on any atom is -0.508 e. The van der Waals surface area contributed by atoms with E-state index >= 15 is 0 Å². The molecule has 0 spiro atoms. The molecule has 0 fully saturated rings. The van der Waals surface area contributed by atoms with Crippen LogP contribution in [-0.4, -0.2) is 17.0 Å². The van der Waals surface area contributed by atoms with E-state index in [2.05, 4.69) is 6.08 Å². The summed E-state index contributed by atoms with van der Waals surface area (Å²) < 4.78 is 5.60. The van der Waals surface area contributed by atoms with Gasteiger partial charge in [-0.25, -0.2) is 0 Å². The number of hydrogen-bond acceptors (Lipinski definition) is 3. The molecule has 3 nitrogen and oxygen atoms in total. The maximum atomic E-state index is 12.4. The zero-order valence-corrected chi connectivity index (χ0v) is 11.5. The quantitative estimate of drug-likeness (QED) is 0.855. The van der Waals surface area contributed by atoms with Crippen molar-refractivity contribution in [2.75, 3.05) is 0 Å². The van der Waals surface area contributed by atoms with Gasteiger partial charge in [0.2, 0.25) is 0 Å². The van der Waals surface area contributed by atoms with Crippen molar-refractivity contribution in [2.24, 2.45) is 5.41 Å². The van der Waals surface area contributed by atoms with E-state index in [0.717, 1.165) is 5.76 Å². The highest BCUT2D eigenvalue weighted by atomic mass is 16.5. The van der Waals surface area contributed by atoms with Crippen molar-refractivity contribution in [2.45, 2.75) is 20.0 Å². The maximum absolute atomic E-state index is 12.4. The van der Waals surface area contributed by atoms with Crippen LogP contribution in [0.4, 0.5) is 0 Å². The summed E-state index contributed by atoms with van der Waals surface area (Å²) >= 11 is 0. The Morgan fingerprint density at radius 3 is 2.55 bits per heavy atom. The first kappa shape index (κ1) is 12.7. The molecule has 1 aromatic rings. The smallest absolute Gasteiger partial charge is 0.192 e. The fraction of sp³-hybridized carbons (Fsp3) is 0.235. The molecule has 2 aliphatic rings. The van der Waals surface area contributed by atoms with Gasteiger partial charge in [-0.05, 0) is 44.2 Å². The lowest BCUT2D eigenvalue weighted by Gasteiger charge is -2.35. The lowest BCUT2D eigenvalue weighted by Crippen LogP contribution is -2.34. The van der Waals surface area contributed by atoms with Crippen LogP contribution in [-0.2, 0) is 4.74 Å². The van der Waals surface area contributed by atoms with E-state index in [4.69, 9.17) is 4.74 Å². The van der Waals surface area contributed by atoms with E-state index in [-0.39, 0.29) is 23.1 Å². The molecule has 0 aromatic heterocycles. The molecule has 1 heterocycles. The van der Waals surface area contributed by atoms with Crippen LogP contribution in [0.15, 0.2) is 59.9 Å². The molecule has 3 heteroatoms. The lowest BCUT2D eigenvalue weighted by molar-refractivity contribution is 0.0501. The highest BCUT2D eigenvalue weighted by Crippen LogP contribution is 2.40. The zero-order chi connectivity index (χ0) is 14.3. The molecule has 102 valence electrons. The summed E-state index contributed by atoms with van der Waals surface area (Å²) in [6.07, 6.45) is 7.88. The second-order valence-corrected chi connectivity index (χ2v) is 5.49. The number of ether oxygens (including phenoxy) is 1. The maximum Gasteiger partial charge on any atom is 0.192 e. The van der Waals surface area contributed by atoms with E-state index in [1.807, 2.05) is 32.1 Å². The Morgan fingerprint density at radius 1 is 1.30 bits per heavy atom. The summed E-state index contributed by atoms with van der Waals surface area (Å²) in [5.74, 6) is 1.05. The van der Waals surface area contributed by atoms with Gasteiger partial charge >= 0.3 is 0 Å². The van der Waals surface area contributed by atoms with Crippen molar-refractivity contribution in [1.29, 1.82) is 0 Å². The molecule has 1 aliphatic carbocycles. The number of benzene rings is 1. The third-order valence-electron chi connectivity index (χ3n) is 3.79. The number of rotatable bonds is 3. The molecule has 2 atom stereocenters. The topological polar surface area (TPSA) is 46.5 Å². The summed E-state index contributed by atoms with van der Waals surface area (Å²) in [6.45, 7) is 3.97. The Hall–Kier alpha value is -2.29. The number of carbonyl (C=O) groups is 1. The molecule has 0 saturated carbocycles. The highest BCUT2D eigenvalue weighted by Gasteiger charge is 2.38. The van der Waals surface area contributed by atoms with Crippen LogP contribution in [0.25, 0.3) is 0 Å². The van der Waals surface area contributed by atoms with E-state index in [1.165, 1.54) is 12.1 Å². The predicted octanol–water partition coefficient (Wildman–Crippen LogP) is 3.38. The van der Waals surface area contributed by atoms with Crippen LogP contribution < -0.4 is 0 Å². The van der Waals surface area contributed by atoms with Crippen molar-refractivity contribution < 1.29 is 14.6 Å². The molecule has 20 heavy (non-hydrogen) atoms. The van der Waals surface area contributed by atoms with E-state index in [0.29, 0.717) is 11.1 Å². The number of phenols is 1. The van der Waals surface area contributed by atoms with Gasteiger partial charge in [-0.2, -0.15) is 0 Å². The Morgan fingerprint density at radius 2 is 1.95 bits per heavy atom. The largest absolute Gasteiger partial charge is 0.508 e. The number of aromatic hydroxyl groups is 1. The van der Waals surface area contributed by atoms with Crippen molar-refractivity contribution in [1.82, 2.24) is 0 Å². The lowest BCUT2D eigenvalue weighted by atomic mass is 9.83. The van der Waals surface area contributed by atoms with Crippen LogP contribution in [0.2, 0.25) is 0 Å². The number of ketones is 1. The average molecular weight is 268 g/mol. The summed E-state index contributed by atoms with van der Waals surface area (Å²) in [4.78, 5) is 12.4. The van der Waals surface area contributed by atoms with E-state index in [9.17, 15) is 9.90 Å². The normalized spacial score (nSPS) is 27.4. The molecule has 0 amide bonds. The summed E-state index contributed by atoms with van der Waals surface area (Å²) in [5.41, 5.74) is 0.977. The molecule has 0 bridgehead atoms. The third kappa shape index (κ3) is 2.05. The minimum atomic E-state index is -0.262. The van der Waals surface area contributed by atoms with E-state index < -0.39 is 0 Å². The SMILES string of the molecule is CC1=CC([C@]2(C)C=CC(C(=O)c3ccc(O)cc3)=C2)O1. The third-order valence-corrected chi connectivity index (χ3v) is 3.79. The molecule has 1 unspecified atom stereocenters. The van der Waals surface area contributed by atoms with Crippen molar-refractivity contribution in [3.63, 3.8) is 0 Å². The van der Waals surface area contributed by atoms with Gasteiger partial charge < -0.3 is 9.84 Å². The van der Waals surface area contributed by atoms with Crippen LogP contribution in [0, 0.1) is 5.41 Å². The fourth-order valence-corrected chi connectivity index (χ4v) is 2.52. The Kier molecular flexibility index (Phi) is 2.78. The Labute approximate surface area is 117 Å². The van der Waals surface area contributed by atoms with E-state index in [1.54, 1.807) is 12.1 Å². The van der Waals surface area contributed by atoms with Gasteiger partial charge in [0.15, 0.2) is 5.78 Å². The number of phenolic OH excluding ortho intramolecular Hbond substituents is 1. The highest BCUT2D eigenvalue weighted by molar-refractivity contribution is 6.11. The van der Waals surface area contributed by atoms with Crippen molar-refractivity contribution in [3.05, 3.63) is 65.5 Å². The van der Waals surface area contributed by atoms with Crippen molar-refractivity contribution in [3.8, 4) is 5.75 Å². The fourth-order valence-electron chi connectivity index (χ4n) is 2.52. The number of hydrogen-bond donors (Lipinski definition) is 1. The van der Waals surface area contributed by atoms with Crippen LogP contribution in [0.1, 0.15) is 24.2 Å². The van der Waals surface area contributed by atoms with Gasteiger partial charge in [-0.1, -0.05) is 18.2 Å². The van der Waals surface area contributed by atoms with Gasteiger partial charge in [0.1, 0.15) is 11.9 Å². The number of carbonyl (C=O) groups excluding carboxylic acids is 1. The summed E-state index contributed by atoms with van der Waals surface area (Å²) in [7, 11) is 0. The molecule has 0 saturated heterocycles. The summed E-state index contributed by atoms with van der Waals surface area (Å²) in [6, 6.07) is 6.30. The summed E-state index contributed by atoms with van der Waals surface area (Å²) in [5, 5.41) is 9.26. The first-order valence-corrected chi connectivity index (χ1v) is 6.59. The molecule has 1 aromatic carbocycles. The standard InChI is InChI=1S/C17H16O3/c1-11-9-15(20-11)17(2)8-7-13(10-17)16(19)12-3-5-14(18)6-4-12/h3-10,15,18H,1-2H3/t15?,17-/m1/s1. The molecule has 0 radical (unpaired) electrons. The molecule has 3 rings (SSSR count). The first-order valence-electron chi connectivity index (χ1n) is 6.59. The molecule has 1 aliphatic heterocycles. The van der Waals surface area contributed by atoms with Gasteiger partial charge in [0, 0.05) is 16.6 Å². The monoisotopic (exact) mass is 268 g/mol. The van der Waals surface area contributed by atoms with Crippen LogP contribution in [0.3, 0.4) is 0 Å². The predicted molar refractivity (Wildman–Crippen MR) is 76.4 cm³/mol. The number of Topliss-reactive ketones (excluding diaryl/α,β-unsaturated/α-hetero) is 1. The van der Waals surface area contributed by atoms with Gasteiger partial charge in [0.25, 0.3) is 0 Å². The van der Waals surface area contributed by atoms with Gasteiger partial charge in [0.05, 0.1) is 5.76 Å². The Balaban J connectivity index is 1.84. The average Bonchev–Trinajstić information content (AvgIpc) is 2.79. The molecule has 1 N–H and O–H groups in total. The zero-order valence-electron chi connectivity index (χ0n) is 11.5. The number of allylic oxidation sites excluding steroid dienone is 3. The minimum absolute atomic E-state index is 0.00358. The first-order chi connectivity index (χ1) is 9.48. The van der Waals surface area contributed by atoms with Gasteiger partial charge in [-0.3, -0.25) is 4.79 Å². The second kappa shape index (κ2) is 4.37. The van der Waals surface area contributed by atoms with Gasteiger partial charge in [-0.15, -0.1) is 0 Å². The molecular weight excluding hydrogens is 252 g/mol. The Bertz CT molecular complexity index is 649. The second-order valence-electron chi connectivity index (χ2n) is 5.49. The van der Waals surface area contributed by atoms with Crippen LogP contribution >= 0.6 is 0 Å².